The van der Waals surface area contributed by atoms with Gasteiger partial charge in [-0.3, -0.25) is 4.68 Å². The number of aliphatic hydroxyl groups is 1. The molecule has 0 aliphatic carbocycles. The van der Waals surface area contributed by atoms with E-state index in [1.165, 1.54) is 0 Å². The van der Waals surface area contributed by atoms with Gasteiger partial charge in [-0.2, -0.15) is 5.10 Å². The lowest BCUT2D eigenvalue weighted by atomic mass is 10.1. The second-order valence-corrected chi connectivity index (χ2v) is 4.88. The molecular weight excluding hydrogens is 164 g/mol. The maximum atomic E-state index is 9.69. The molecule has 1 heterocycles. The van der Waals surface area contributed by atoms with Crippen LogP contribution in [0, 0.1) is 0 Å². The lowest BCUT2D eigenvalue weighted by molar-refractivity contribution is 0.0723. The zero-order valence-electron chi connectivity index (χ0n) is 9.00. The van der Waals surface area contributed by atoms with E-state index in [4.69, 9.17) is 0 Å². The van der Waals surface area contributed by atoms with Gasteiger partial charge in [-0.05, 0) is 40.7 Å². The van der Waals surface area contributed by atoms with Crippen molar-refractivity contribution in [3.8, 4) is 0 Å². The Morgan fingerprint density at radius 1 is 1.23 bits per heavy atom. The third kappa shape index (κ3) is 2.31. The van der Waals surface area contributed by atoms with Crippen LogP contribution in [-0.2, 0) is 11.1 Å². The van der Waals surface area contributed by atoms with Gasteiger partial charge in [0.15, 0.2) is 0 Å². The van der Waals surface area contributed by atoms with Gasteiger partial charge in [0.25, 0.3) is 0 Å². The predicted octanol–water partition coefficient (Wildman–Crippen LogP) is 1.87. The van der Waals surface area contributed by atoms with Crippen LogP contribution < -0.4 is 0 Å². The van der Waals surface area contributed by atoms with Crippen molar-refractivity contribution in [1.82, 2.24) is 9.78 Å². The van der Waals surface area contributed by atoms with Crippen molar-refractivity contribution < 1.29 is 5.11 Å². The first-order valence-electron chi connectivity index (χ1n) is 4.50. The topological polar surface area (TPSA) is 38.0 Å². The molecule has 3 heteroatoms. The molecule has 0 aliphatic heterocycles. The van der Waals surface area contributed by atoms with Crippen molar-refractivity contribution in [1.29, 1.82) is 0 Å². The minimum atomic E-state index is -0.851. The minimum Gasteiger partial charge on any atom is -0.384 e. The van der Waals surface area contributed by atoms with Gasteiger partial charge in [0.1, 0.15) is 5.60 Å². The number of hydrogen-bond donors (Lipinski definition) is 1. The maximum Gasteiger partial charge on any atom is 0.103 e. The minimum absolute atomic E-state index is 0.0243. The Balaban J connectivity index is 3.01. The van der Waals surface area contributed by atoms with Crippen LogP contribution in [0.5, 0.6) is 0 Å². The molecule has 0 bridgehead atoms. The highest BCUT2D eigenvalue weighted by Crippen LogP contribution is 2.20. The molecule has 0 saturated heterocycles. The summed E-state index contributed by atoms with van der Waals surface area (Å²) in [6.07, 6.45) is 1.90. The van der Waals surface area contributed by atoms with E-state index in [0.717, 1.165) is 0 Å². The van der Waals surface area contributed by atoms with Gasteiger partial charge in [0, 0.05) is 6.20 Å². The predicted molar refractivity (Wildman–Crippen MR) is 52.5 cm³/mol. The Labute approximate surface area is 79.4 Å². The Morgan fingerprint density at radius 3 is 2.00 bits per heavy atom. The molecule has 0 aromatic carbocycles. The zero-order valence-corrected chi connectivity index (χ0v) is 9.00. The highest BCUT2D eigenvalue weighted by Gasteiger charge is 2.21. The normalized spacial score (nSPS) is 13.4. The van der Waals surface area contributed by atoms with E-state index in [0.29, 0.717) is 5.69 Å². The van der Waals surface area contributed by atoms with Crippen molar-refractivity contribution >= 4 is 0 Å². The third-order valence-corrected chi connectivity index (χ3v) is 1.90. The largest absolute Gasteiger partial charge is 0.384 e. The van der Waals surface area contributed by atoms with Gasteiger partial charge in [0.05, 0.1) is 11.2 Å². The first kappa shape index (κ1) is 10.3. The fraction of sp³-hybridized carbons (Fsp3) is 0.700. The van der Waals surface area contributed by atoms with Crippen LogP contribution in [0.2, 0.25) is 0 Å². The van der Waals surface area contributed by atoms with Gasteiger partial charge < -0.3 is 5.11 Å². The molecule has 3 nitrogen and oxygen atoms in total. The van der Waals surface area contributed by atoms with Crippen LogP contribution >= 0.6 is 0 Å². The Kier molecular flexibility index (Phi) is 2.24. The van der Waals surface area contributed by atoms with Gasteiger partial charge in [-0.25, -0.2) is 0 Å². The number of rotatable bonds is 1. The van der Waals surface area contributed by atoms with Crippen LogP contribution in [0.1, 0.15) is 40.3 Å². The summed E-state index contributed by atoms with van der Waals surface area (Å²) in [4.78, 5) is 0. The summed E-state index contributed by atoms with van der Waals surface area (Å²) in [7, 11) is 0. The molecule has 0 atom stereocenters. The fourth-order valence-electron chi connectivity index (χ4n) is 1.02. The molecule has 13 heavy (non-hydrogen) atoms. The Morgan fingerprint density at radius 2 is 1.77 bits per heavy atom. The average molecular weight is 182 g/mol. The maximum absolute atomic E-state index is 9.69. The molecule has 1 N–H and O–H groups in total. The molecule has 0 fully saturated rings. The molecule has 1 rings (SSSR count). The smallest absolute Gasteiger partial charge is 0.103 e. The highest BCUT2D eigenvalue weighted by molar-refractivity contribution is 5.08. The van der Waals surface area contributed by atoms with Crippen LogP contribution in [-0.4, -0.2) is 14.9 Å². The molecule has 0 unspecified atom stereocenters. The molecule has 0 amide bonds. The van der Waals surface area contributed by atoms with E-state index >= 15 is 0 Å². The van der Waals surface area contributed by atoms with Crippen molar-refractivity contribution in [2.24, 2.45) is 0 Å². The van der Waals surface area contributed by atoms with E-state index in [-0.39, 0.29) is 5.54 Å². The third-order valence-electron chi connectivity index (χ3n) is 1.90. The van der Waals surface area contributed by atoms with Crippen LogP contribution in [0.25, 0.3) is 0 Å². The zero-order chi connectivity index (χ0) is 10.3. The molecule has 0 saturated carbocycles. The van der Waals surface area contributed by atoms with E-state index in [2.05, 4.69) is 25.9 Å². The molecule has 74 valence electrons. The SMILES string of the molecule is CC(C)(O)c1ccn(C(C)(C)C)n1. The summed E-state index contributed by atoms with van der Waals surface area (Å²) in [6, 6.07) is 1.85. The summed E-state index contributed by atoms with van der Waals surface area (Å²) < 4.78 is 1.86. The number of hydrogen-bond acceptors (Lipinski definition) is 2. The fourth-order valence-corrected chi connectivity index (χ4v) is 1.02. The summed E-state index contributed by atoms with van der Waals surface area (Å²) in [5.41, 5.74) is -0.164. The van der Waals surface area contributed by atoms with Crippen molar-refractivity contribution in [3.05, 3.63) is 18.0 Å². The van der Waals surface area contributed by atoms with Crippen molar-refractivity contribution in [3.63, 3.8) is 0 Å². The summed E-state index contributed by atoms with van der Waals surface area (Å²) in [5, 5.41) is 14.0. The molecule has 1 aromatic heterocycles. The second-order valence-electron chi connectivity index (χ2n) is 4.88. The number of nitrogens with zero attached hydrogens (tertiary/aromatic N) is 2. The number of aromatic nitrogens is 2. The van der Waals surface area contributed by atoms with Crippen molar-refractivity contribution in [2.75, 3.05) is 0 Å². The molecule has 0 radical (unpaired) electrons. The van der Waals surface area contributed by atoms with E-state index in [1.807, 2.05) is 16.9 Å². The Hall–Kier alpha value is -0.830. The molecular formula is C10H18N2O. The summed E-state index contributed by atoms with van der Waals surface area (Å²) in [5.74, 6) is 0. The lowest BCUT2D eigenvalue weighted by Gasteiger charge is -2.20. The van der Waals surface area contributed by atoms with E-state index in [9.17, 15) is 5.11 Å². The monoisotopic (exact) mass is 182 g/mol. The van der Waals surface area contributed by atoms with Gasteiger partial charge >= 0.3 is 0 Å². The van der Waals surface area contributed by atoms with Crippen LogP contribution in [0.4, 0.5) is 0 Å². The van der Waals surface area contributed by atoms with E-state index < -0.39 is 5.60 Å². The average Bonchev–Trinajstić information content (AvgIpc) is 2.28. The van der Waals surface area contributed by atoms with E-state index in [1.54, 1.807) is 13.8 Å². The Bertz CT molecular complexity index is 260. The standard InChI is InChI=1S/C10H18N2O/c1-9(2,3)12-7-6-8(11-12)10(4,5)13/h6-7,13H,1-5H3. The first-order valence-corrected chi connectivity index (χ1v) is 4.50. The van der Waals surface area contributed by atoms with Gasteiger partial charge in [-0.15, -0.1) is 0 Å². The lowest BCUT2D eigenvalue weighted by Crippen LogP contribution is -2.24. The second kappa shape index (κ2) is 2.84. The molecule has 1 aromatic rings. The van der Waals surface area contributed by atoms with Gasteiger partial charge in [0.2, 0.25) is 0 Å². The van der Waals surface area contributed by atoms with Gasteiger partial charge in [-0.1, -0.05) is 0 Å². The van der Waals surface area contributed by atoms with Crippen LogP contribution in [0.15, 0.2) is 12.3 Å². The van der Waals surface area contributed by atoms with Crippen molar-refractivity contribution in [2.45, 2.75) is 45.8 Å². The molecule has 0 aliphatic rings. The highest BCUT2D eigenvalue weighted by atomic mass is 16.3. The molecule has 0 spiro atoms. The summed E-state index contributed by atoms with van der Waals surface area (Å²) >= 11 is 0. The first-order chi connectivity index (χ1) is 5.71. The summed E-state index contributed by atoms with van der Waals surface area (Å²) in [6.45, 7) is 9.71. The quantitative estimate of drug-likeness (QED) is 0.720. The van der Waals surface area contributed by atoms with Crippen LogP contribution in [0.3, 0.4) is 0 Å².